The van der Waals surface area contributed by atoms with Gasteiger partial charge in [0.2, 0.25) is 5.88 Å². The third-order valence-electron chi connectivity index (χ3n) is 3.13. The predicted octanol–water partition coefficient (Wildman–Crippen LogP) is 1.98. The number of nitrogens with zero attached hydrogens (tertiary/aromatic N) is 2. The van der Waals surface area contributed by atoms with Crippen molar-refractivity contribution >= 4 is 17.0 Å². The van der Waals surface area contributed by atoms with Gasteiger partial charge in [-0.1, -0.05) is 6.92 Å². The molecule has 0 aromatic carbocycles. The molecule has 2 aromatic rings. The average molecular weight is 261 g/mol. The molecule has 0 spiro atoms. The minimum Gasteiger partial charge on any atom is -0.408 e. The highest BCUT2D eigenvalue weighted by atomic mass is 16.5. The molecule has 0 radical (unpaired) electrons. The summed E-state index contributed by atoms with van der Waals surface area (Å²) in [6.45, 7) is 5.50. The van der Waals surface area contributed by atoms with E-state index in [0.29, 0.717) is 5.88 Å². The lowest BCUT2D eigenvalue weighted by molar-refractivity contribution is -0.132. The van der Waals surface area contributed by atoms with E-state index in [-0.39, 0.29) is 5.97 Å². The molecule has 0 aliphatic heterocycles. The lowest BCUT2D eigenvalue weighted by Gasteiger charge is -2.12. The van der Waals surface area contributed by atoms with Gasteiger partial charge in [0.15, 0.2) is 0 Å². The number of likely N-dealkylation sites (N-methyl/N-ethyl adjacent to an activating group) is 1. The van der Waals surface area contributed by atoms with Crippen LogP contribution < -0.4 is 4.74 Å². The molecule has 1 N–H and O–H groups in total. The summed E-state index contributed by atoms with van der Waals surface area (Å²) in [6, 6.07) is 3.58. The molecule has 2 rings (SSSR count). The molecule has 102 valence electrons. The normalized spacial score (nSPS) is 11.2. The molecule has 0 fully saturated rings. The Morgan fingerprint density at radius 1 is 1.47 bits per heavy atom. The summed E-state index contributed by atoms with van der Waals surface area (Å²) >= 11 is 0. The van der Waals surface area contributed by atoms with Crippen LogP contribution >= 0.6 is 0 Å². The highest BCUT2D eigenvalue weighted by Gasteiger charge is 2.08. The van der Waals surface area contributed by atoms with Crippen LogP contribution in [-0.2, 0) is 11.2 Å². The average Bonchev–Trinajstić information content (AvgIpc) is 2.77. The van der Waals surface area contributed by atoms with E-state index >= 15 is 0 Å². The van der Waals surface area contributed by atoms with Gasteiger partial charge in [-0.3, -0.25) is 4.79 Å². The van der Waals surface area contributed by atoms with Crippen molar-refractivity contribution in [1.82, 2.24) is 14.9 Å². The number of carbonyl (C=O) groups is 1. The van der Waals surface area contributed by atoms with Gasteiger partial charge < -0.3 is 14.6 Å². The number of H-pyrrole nitrogens is 1. The molecule has 5 heteroatoms. The van der Waals surface area contributed by atoms with Gasteiger partial charge >= 0.3 is 5.97 Å². The van der Waals surface area contributed by atoms with Crippen molar-refractivity contribution in [2.24, 2.45) is 0 Å². The number of pyridine rings is 1. The number of nitrogens with one attached hydrogen (secondary N) is 1. The van der Waals surface area contributed by atoms with E-state index in [1.165, 1.54) is 6.92 Å². The second-order valence-corrected chi connectivity index (χ2v) is 4.60. The van der Waals surface area contributed by atoms with Crippen molar-refractivity contribution in [3.63, 3.8) is 0 Å². The Kier molecular flexibility index (Phi) is 4.16. The van der Waals surface area contributed by atoms with Crippen LogP contribution in [-0.4, -0.2) is 41.0 Å². The van der Waals surface area contributed by atoms with E-state index in [9.17, 15) is 4.79 Å². The van der Waals surface area contributed by atoms with Crippen LogP contribution in [0, 0.1) is 0 Å². The Balaban J connectivity index is 2.21. The summed E-state index contributed by atoms with van der Waals surface area (Å²) in [4.78, 5) is 20.8. The maximum atomic E-state index is 10.9. The molecule has 0 bridgehead atoms. The molecule has 5 nitrogen and oxygen atoms in total. The smallest absolute Gasteiger partial charge is 0.309 e. The van der Waals surface area contributed by atoms with Gasteiger partial charge in [-0.2, -0.15) is 0 Å². The van der Waals surface area contributed by atoms with E-state index in [0.717, 1.165) is 36.1 Å². The van der Waals surface area contributed by atoms with E-state index < -0.39 is 0 Å². The van der Waals surface area contributed by atoms with E-state index in [4.69, 9.17) is 4.74 Å². The van der Waals surface area contributed by atoms with Crippen LogP contribution in [0.5, 0.6) is 5.88 Å². The first-order valence-electron chi connectivity index (χ1n) is 6.44. The van der Waals surface area contributed by atoms with Crippen LogP contribution in [0.1, 0.15) is 19.4 Å². The fraction of sp³-hybridized carbons (Fsp3) is 0.429. The molecular formula is C14H19N3O2. The Labute approximate surface area is 112 Å². The maximum absolute atomic E-state index is 10.9. The Hall–Kier alpha value is -1.88. The summed E-state index contributed by atoms with van der Waals surface area (Å²) in [5.74, 6) is -0.000604. The second kappa shape index (κ2) is 5.84. The Morgan fingerprint density at radius 2 is 2.26 bits per heavy atom. The zero-order valence-corrected chi connectivity index (χ0v) is 11.6. The fourth-order valence-electron chi connectivity index (χ4n) is 1.90. The number of rotatable bonds is 5. The van der Waals surface area contributed by atoms with Gasteiger partial charge in [-0.25, -0.2) is 4.98 Å². The molecule has 19 heavy (non-hydrogen) atoms. The molecule has 0 aliphatic rings. The van der Waals surface area contributed by atoms with E-state index in [2.05, 4.69) is 28.8 Å². The molecule has 2 aromatic heterocycles. The zero-order valence-electron chi connectivity index (χ0n) is 11.6. The van der Waals surface area contributed by atoms with Crippen molar-refractivity contribution in [1.29, 1.82) is 0 Å². The standard InChI is InChI=1S/C14H19N3O2/c1-4-17(3)8-7-11-9-15-12-5-6-13(16-14(11)12)19-10(2)18/h5-6,9,15H,4,7-8H2,1-3H3. The molecule has 0 atom stereocenters. The highest BCUT2D eigenvalue weighted by molar-refractivity contribution is 5.80. The van der Waals surface area contributed by atoms with Gasteiger partial charge in [-0.05, 0) is 31.6 Å². The molecule has 0 aliphatic carbocycles. The van der Waals surface area contributed by atoms with Crippen molar-refractivity contribution in [3.05, 3.63) is 23.9 Å². The van der Waals surface area contributed by atoms with Gasteiger partial charge in [0, 0.05) is 25.7 Å². The summed E-state index contributed by atoms with van der Waals surface area (Å²) in [5.41, 5.74) is 2.98. The van der Waals surface area contributed by atoms with Crippen LogP contribution in [0.2, 0.25) is 0 Å². The van der Waals surface area contributed by atoms with Crippen LogP contribution in [0.4, 0.5) is 0 Å². The van der Waals surface area contributed by atoms with Gasteiger partial charge in [-0.15, -0.1) is 0 Å². The summed E-state index contributed by atoms with van der Waals surface area (Å²) < 4.78 is 5.02. The zero-order chi connectivity index (χ0) is 13.8. The third-order valence-corrected chi connectivity index (χ3v) is 3.13. The number of carbonyl (C=O) groups excluding carboxylic acids is 1. The lowest BCUT2D eigenvalue weighted by Crippen LogP contribution is -2.20. The van der Waals surface area contributed by atoms with Crippen molar-refractivity contribution in [2.75, 3.05) is 20.1 Å². The van der Waals surface area contributed by atoms with Crippen LogP contribution in [0.15, 0.2) is 18.3 Å². The van der Waals surface area contributed by atoms with Crippen molar-refractivity contribution < 1.29 is 9.53 Å². The van der Waals surface area contributed by atoms with Gasteiger partial charge in [0.05, 0.1) is 11.0 Å². The largest absolute Gasteiger partial charge is 0.408 e. The highest BCUT2D eigenvalue weighted by Crippen LogP contribution is 2.20. The molecule has 0 unspecified atom stereocenters. The topological polar surface area (TPSA) is 58.2 Å². The van der Waals surface area contributed by atoms with Crippen molar-refractivity contribution in [2.45, 2.75) is 20.3 Å². The summed E-state index contributed by atoms with van der Waals surface area (Å²) in [6.07, 6.45) is 2.89. The number of esters is 1. The lowest BCUT2D eigenvalue weighted by atomic mass is 10.2. The minimum atomic E-state index is -0.352. The maximum Gasteiger partial charge on any atom is 0.309 e. The quantitative estimate of drug-likeness (QED) is 0.836. The predicted molar refractivity (Wildman–Crippen MR) is 74.3 cm³/mol. The van der Waals surface area contributed by atoms with Crippen LogP contribution in [0.25, 0.3) is 11.0 Å². The first-order chi connectivity index (χ1) is 9.10. The van der Waals surface area contributed by atoms with Gasteiger partial charge in [0.25, 0.3) is 0 Å². The third kappa shape index (κ3) is 3.32. The van der Waals surface area contributed by atoms with E-state index in [1.54, 1.807) is 6.07 Å². The molecule has 0 amide bonds. The SMILES string of the molecule is CCN(C)CCc1c[nH]c2ccc(OC(C)=O)nc12. The number of ether oxygens (including phenoxy) is 1. The fourth-order valence-corrected chi connectivity index (χ4v) is 1.90. The molecule has 0 saturated heterocycles. The van der Waals surface area contributed by atoms with E-state index in [1.807, 2.05) is 12.3 Å². The van der Waals surface area contributed by atoms with Crippen LogP contribution in [0.3, 0.4) is 0 Å². The Bertz CT molecular complexity index is 577. The minimum absolute atomic E-state index is 0.352. The molecule has 0 saturated carbocycles. The molecular weight excluding hydrogens is 242 g/mol. The number of aromatic amines is 1. The monoisotopic (exact) mass is 261 g/mol. The number of hydrogen-bond acceptors (Lipinski definition) is 4. The first kappa shape index (κ1) is 13.5. The number of hydrogen-bond donors (Lipinski definition) is 1. The first-order valence-corrected chi connectivity index (χ1v) is 6.44. The molecule has 2 heterocycles. The Morgan fingerprint density at radius 3 is 2.95 bits per heavy atom. The number of fused-ring (bicyclic) bond motifs is 1. The van der Waals surface area contributed by atoms with Crippen molar-refractivity contribution in [3.8, 4) is 5.88 Å². The van der Waals surface area contributed by atoms with Gasteiger partial charge in [0.1, 0.15) is 0 Å². The number of aromatic nitrogens is 2. The summed E-state index contributed by atoms with van der Waals surface area (Å²) in [7, 11) is 2.09. The summed E-state index contributed by atoms with van der Waals surface area (Å²) in [5, 5.41) is 0. The second-order valence-electron chi connectivity index (χ2n) is 4.60.